The first-order valence-corrected chi connectivity index (χ1v) is 12.8. The zero-order chi connectivity index (χ0) is 24.8. The molecule has 0 N–H and O–H groups in total. The number of aliphatic imine (C=N–C) groups is 1. The van der Waals surface area contributed by atoms with Crippen molar-refractivity contribution in [1.82, 2.24) is 14.8 Å². The van der Waals surface area contributed by atoms with Crippen molar-refractivity contribution in [2.45, 2.75) is 58.8 Å². The fourth-order valence-electron chi connectivity index (χ4n) is 5.83. The number of carbonyl (C=O) groups excluding carboxylic acids is 1. The molecular formula is C30H31FN4O. The number of pyridine rings is 1. The van der Waals surface area contributed by atoms with Gasteiger partial charge in [0.05, 0.1) is 18.7 Å². The van der Waals surface area contributed by atoms with Crippen LogP contribution in [0.15, 0.2) is 53.7 Å². The Balaban J connectivity index is 1.21. The van der Waals surface area contributed by atoms with E-state index in [-0.39, 0.29) is 17.8 Å². The van der Waals surface area contributed by atoms with Crippen molar-refractivity contribution in [3.8, 4) is 0 Å². The summed E-state index contributed by atoms with van der Waals surface area (Å²) >= 11 is 0. The molecule has 0 unspecified atom stereocenters. The van der Waals surface area contributed by atoms with Crippen molar-refractivity contribution in [2.75, 3.05) is 13.1 Å². The van der Waals surface area contributed by atoms with Gasteiger partial charge in [-0.2, -0.15) is 0 Å². The first-order valence-electron chi connectivity index (χ1n) is 12.8. The van der Waals surface area contributed by atoms with Crippen LogP contribution in [0.4, 0.5) is 4.39 Å². The Morgan fingerprint density at radius 2 is 1.94 bits per heavy atom. The Labute approximate surface area is 211 Å². The van der Waals surface area contributed by atoms with Gasteiger partial charge in [0, 0.05) is 54.3 Å². The number of hydrogen-bond donors (Lipinski definition) is 0. The number of likely N-dealkylation sites (tertiary alicyclic amines) is 1. The van der Waals surface area contributed by atoms with Crippen LogP contribution >= 0.6 is 0 Å². The van der Waals surface area contributed by atoms with Crippen LogP contribution in [0.3, 0.4) is 0 Å². The molecule has 0 radical (unpaired) electrons. The molecule has 3 aliphatic heterocycles. The molecule has 1 saturated heterocycles. The van der Waals surface area contributed by atoms with Gasteiger partial charge in [0.25, 0.3) is 0 Å². The summed E-state index contributed by atoms with van der Waals surface area (Å²) in [4.78, 5) is 26.9. The van der Waals surface area contributed by atoms with Crippen LogP contribution < -0.4 is 0 Å². The molecule has 6 heteroatoms. The fraction of sp³-hybridized carbons (Fsp3) is 0.367. The largest absolute Gasteiger partial charge is 0.334 e. The highest BCUT2D eigenvalue weighted by atomic mass is 19.1. The van der Waals surface area contributed by atoms with Crippen LogP contribution in [-0.4, -0.2) is 45.5 Å². The fourth-order valence-corrected chi connectivity index (χ4v) is 5.83. The second-order valence-corrected chi connectivity index (χ2v) is 10.5. The zero-order valence-electron chi connectivity index (χ0n) is 20.9. The average Bonchev–Trinajstić information content (AvgIpc) is 3.27. The van der Waals surface area contributed by atoms with Crippen LogP contribution in [0.1, 0.15) is 57.5 Å². The molecule has 3 aliphatic rings. The molecule has 1 amide bonds. The molecule has 6 rings (SSSR count). The predicted octanol–water partition coefficient (Wildman–Crippen LogP) is 4.74. The van der Waals surface area contributed by atoms with Crippen LogP contribution in [0, 0.1) is 19.7 Å². The molecule has 0 bridgehead atoms. The Hall–Kier alpha value is -3.38. The number of halogens is 1. The molecule has 5 nitrogen and oxygen atoms in total. The molecular weight excluding hydrogens is 451 g/mol. The highest BCUT2D eigenvalue weighted by molar-refractivity contribution is 6.15. The smallest absolute Gasteiger partial charge is 0.227 e. The molecule has 36 heavy (non-hydrogen) atoms. The summed E-state index contributed by atoms with van der Waals surface area (Å²) < 4.78 is 14.5. The number of rotatable bonds is 4. The zero-order valence-corrected chi connectivity index (χ0v) is 20.9. The molecule has 3 aromatic rings. The van der Waals surface area contributed by atoms with Crippen LogP contribution in [0.5, 0.6) is 0 Å². The summed E-state index contributed by atoms with van der Waals surface area (Å²) in [6.07, 6.45) is 4.33. The third-order valence-corrected chi connectivity index (χ3v) is 7.80. The standard InChI is InChI=1S/C30H31FN4O/c1-19-5-7-22(28(31)10-19)16-34-9-3-4-26(18-34)35-17-25-12-27-24(11-23(25)13-29(35)36)15-33-30(27)21-8-6-20(2)32-14-21/h5-8,10-12,14,26H,3-4,9,13,15-18H2,1-2H3/t26-/m1/s1. The summed E-state index contributed by atoms with van der Waals surface area (Å²) in [6.45, 7) is 7.46. The summed E-state index contributed by atoms with van der Waals surface area (Å²) in [6, 6.07) is 14.1. The third-order valence-electron chi connectivity index (χ3n) is 7.80. The van der Waals surface area contributed by atoms with Gasteiger partial charge in [0.1, 0.15) is 5.82 Å². The Bertz CT molecular complexity index is 1360. The van der Waals surface area contributed by atoms with E-state index in [1.807, 2.05) is 38.2 Å². The van der Waals surface area contributed by atoms with Gasteiger partial charge in [-0.1, -0.05) is 18.2 Å². The normalized spacial score (nSPS) is 19.8. The monoisotopic (exact) mass is 482 g/mol. The van der Waals surface area contributed by atoms with Crippen molar-refractivity contribution in [2.24, 2.45) is 4.99 Å². The Morgan fingerprint density at radius 1 is 1.06 bits per heavy atom. The number of benzene rings is 2. The quantitative estimate of drug-likeness (QED) is 0.540. The highest BCUT2D eigenvalue weighted by Crippen LogP contribution is 2.32. The van der Waals surface area contributed by atoms with E-state index in [1.54, 1.807) is 6.07 Å². The van der Waals surface area contributed by atoms with E-state index in [0.29, 0.717) is 26.1 Å². The minimum absolute atomic E-state index is 0.143. The maximum atomic E-state index is 14.5. The van der Waals surface area contributed by atoms with E-state index in [4.69, 9.17) is 4.99 Å². The van der Waals surface area contributed by atoms with Crippen LogP contribution in [0.25, 0.3) is 0 Å². The van der Waals surface area contributed by atoms with E-state index in [9.17, 15) is 9.18 Å². The predicted molar refractivity (Wildman–Crippen MR) is 138 cm³/mol. The van der Waals surface area contributed by atoms with Crippen LogP contribution in [-0.2, 0) is 30.8 Å². The van der Waals surface area contributed by atoms with Gasteiger partial charge < -0.3 is 4.90 Å². The third kappa shape index (κ3) is 4.35. The second-order valence-electron chi connectivity index (χ2n) is 10.5. The van der Waals surface area contributed by atoms with E-state index in [0.717, 1.165) is 65.2 Å². The van der Waals surface area contributed by atoms with Gasteiger partial charge in [0.15, 0.2) is 0 Å². The minimum atomic E-state index is -0.143. The van der Waals surface area contributed by atoms with Crippen molar-refractivity contribution >= 4 is 11.6 Å². The van der Waals surface area contributed by atoms with Gasteiger partial charge in [-0.25, -0.2) is 4.39 Å². The maximum absolute atomic E-state index is 14.5. The van der Waals surface area contributed by atoms with Crippen molar-refractivity contribution in [1.29, 1.82) is 0 Å². The molecule has 1 fully saturated rings. The van der Waals surface area contributed by atoms with Gasteiger partial charge in [-0.15, -0.1) is 0 Å². The van der Waals surface area contributed by atoms with Gasteiger partial charge in [0.2, 0.25) is 5.91 Å². The molecule has 1 aromatic heterocycles. The first-order chi connectivity index (χ1) is 17.4. The summed E-state index contributed by atoms with van der Waals surface area (Å²) in [5.41, 5.74) is 9.37. The number of aromatic nitrogens is 1. The van der Waals surface area contributed by atoms with Crippen molar-refractivity contribution < 1.29 is 9.18 Å². The maximum Gasteiger partial charge on any atom is 0.227 e. The summed E-state index contributed by atoms with van der Waals surface area (Å²) in [5, 5.41) is 0. The van der Waals surface area contributed by atoms with E-state index in [2.05, 4.69) is 33.0 Å². The summed E-state index contributed by atoms with van der Waals surface area (Å²) in [5.74, 6) is 0.0490. The topological polar surface area (TPSA) is 48.8 Å². The number of fused-ring (bicyclic) bond motifs is 2. The lowest BCUT2D eigenvalue weighted by molar-refractivity contribution is -0.135. The Kier molecular flexibility index (Phi) is 5.92. The SMILES string of the molecule is Cc1ccc(CN2CCC[C@@H](N3Cc4cc5c(cc4CC3=O)CN=C5c3ccc(C)nc3)C2)c(F)c1. The molecule has 0 spiro atoms. The molecule has 1 atom stereocenters. The number of aryl methyl sites for hydroxylation is 2. The molecule has 4 heterocycles. The average molecular weight is 483 g/mol. The lowest BCUT2D eigenvalue weighted by atomic mass is 9.90. The number of amides is 1. The molecule has 184 valence electrons. The lowest BCUT2D eigenvalue weighted by Crippen LogP contribution is -2.51. The van der Waals surface area contributed by atoms with Gasteiger partial charge in [-0.3, -0.25) is 19.7 Å². The number of hydrogen-bond acceptors (Lipinski definition) is 4. The van der Waals surface area contributed by atoms with E-state index in [1.165, 1.54) is 11.1 Å². The van der Waals surface area contributed by atoms with Crippen LogP contribution in [0.2, 0.25) is 0 Å². The van der Waals surface area contributed by atoms with Crippen molar-refractivity contribution in [3.05, 3.63) is 99.1 Å². The number of carbonyl (C=O) groups is 1. The first kappa shape index (κ1) is 23.0. The Morgan fingerprint density at radius 3 is 2.75 bits per heavy atom. The molecule has 0 aliphatic carbocycles. The highest BCUT2D eigenvalue weighted by Gasteiger charge is 2.33. The van der Waals surface area contributed by atoms with Gasteiger partial charge >= 0.3 is 0 Å². The van der Waals surface area contributed by atoms with E-state index < -0.39 is 0 Å². The second kappa shape index (κ2) is 9.25. The van der Waals surface area contributed by atoms with Crippen molar-refractivity contribution in [3.63, 3.8) is 0 Å². The van der Waals surface area contributed by atoms with Gasteiger partial charge in [-0.05, 0) is 79.8 Å². The number of piperidine rings is 1. The minimum Gasteiger partial charge on any atom is -0.334 e. The molecule has 2 aromatic carbocycles. The molecule has 0 saturated carbocycles. The summed E-state index contributed by atoms with van der Waals surface area (Å²) in [7, 11) is 0. The lowest BCUT2D eigenvalue weighted by Gasteiger charge is -2.41. The van der Waals surface area contributed by atoms with E-state index >= 15 is 0 Å². The number of nitrogens with zero attached hydrogens (tertiary/aromatic N) is 4.